The van der Waals surface area contributed by atoms with Crippen molar-refractivity contribution in [2.45, 2.75) is 84.0 Å². The fourth-order valence-corrected chi connectivity index (χ4v) is 8.04. The number of ether oxygens (including phenoxy) is 2. The number of nitrogens with one attached hydrogen (secondary N) is 4. The van der Waals surface area contributed by atoms with Crippen LogP contribution < -0.4 is 47.9 Å². The lowest BCUT2D eigenvalue weighted by molar-refractivity contribution is -0.384. The third kappa shape index (κ3) is 12.6. The minimum absolute atomic E-state index is 0.0200. The molecule has 20 heteroatoms. The lowest BCUT2D eigenvalue weighted by Crippen LogP contribution is -2.56. The molecule has 0 saturated carbocycles. The quantitative estimate of drug-likeness (QED) is 0.0483. The van der Waals surface area contributed by atoms with E-state index in [1.165, 1.54) is 20.0 Å². The minimum Gasteiger partial charge on any atom is -0.492 e. The highest BCUT2D eigenvalue weighted by molar-refractivity contribution is 6.01. The molecule has 0 spiro atoms. The Bertz CT molecular complexity index is 2620. The molecule has 5 amide bonds. The van der Waals surface area contributed by atoms with Crippen LogP contribution >= 0.6 is 0 Å². The molecule has 0 radical (unpaired) electrons. The average molecular weight is 948 g/mol. The van der Waals surface area contributed by atoms with E-state index in [1.54, 1.807) is 62.4 Å². The summed E-state index contributed by atoms with van der Waals surface area (Å²) < 4.78 is 12.2. The maximum atomic E-state index is 14.8. The zero-order valence-corrected chi connectivity index (χ0v) is 39.9. The van der Waals surface area contributed by atoms with Crippen molar-refractivity contribution in [3.05, 3.63) is 104 Å². The second-order valence-corrected chi connectivity index (χ2v) is 17.7. The summed E-state index contributed by atoms with van der Waals surface area (Å²) in [5.41, 5.74) is 21.1. The number of amides is 5. The standard InChI is InChI=1S/C49H61N11O9/c1-27-22-37(33-11-10-32(49(4,5)6)26-39(33)60(66)67)55-28(2)42(27)46(63)57-36(14-15-50)48(65)59(7)43-31-9-13-41(69-21-18-53)35(25-31)34-23-30(8-12-40(34)68-20-17-52)24-38(45(62)54-19-16-51)58-44(61)29(3)56-47(43)64/h8-13,22-23,25-26,29,36,38,43H,14-15,17-21,24,50,52-53H2,1-7H3,(H,54,62)(H,56,64)(H,57,63)(H,58,61). The van der Waals surface area contributed by atoms with Crippen molar-refractivity contribution < 1.29 is 38.4 Å². The van der Waals surface area contributed by atoms with Crippen molar-refractivity contribution >= 4 is 35.2 Å². The Kier molecular flexibility index (Phi) is 17.5. The first-order chi connectivity index (χ1) is 32.7. The Labute approximate surface area is 400 Å². The Balaban J connectivity index is 1.58. The molecule has 20 nitrogen and oxygen atoms in total. The number of likely N-dealkylation sites (N-methyl/N-ethyl adjacent to an activating group) is 1. The predicted molar refractivity (Wildman–Crippen MR) is 258 cm³/mol. The van der Waals surface area contributed by atoms with Gasteiger partial charge in [0.1, 0.15) is 55.4 Å². The number of aromatic nitrogens is 1. The summed E-state index contributed by atoms with van der Waals surface area (Å²) in [7, 11) is 1.38. The molecule has 3 aromatic carbocycles. The molecule has 10 N–H and O–H groups in total. The second kappa shape index (κ2) is 23.0. The summed E-state index contributed by atoms with van der Waals surface area (Å²) in [6, 6.07) is 13.2. The molecule has 69 heavy (non-hydrogen) atoms. The molecule has 0 fully saturated rings. The number of carbonyl (C=O) groups is 5. The summed E-state index contributed by atoms with van der Waals surface area (Å²) in [5, 5.41) is 32.1. The van der Waals surface area contributed by atoms with Crippen LogP contribution in [0.4, 0.5) is 5.69 Å². The van der Waals surface area contributed by atoms with Gasteiger partial charge in [0.25, 0.3) is 11.6 Å². The number of nitrogens with zero attached hydrogens (tertiary/aromatic N) is 4. The van der Waals surface area contributed by atoms with Crippen molar-refractivity contribution in [2.24, 2.45) is 17.2 Å². The van der Waals surface area contributed by atoms with Crippen LogP contribution in [-0.4, -0.2) is 109 Å². The van der Waals surface area contributed by atoms with Gasteiger partial charge < -0.3 is 52.8 Å². The highest BCUT2D eigenvalue weighted by atomic mass is 16.6. The first-order valence-electron chi connectivity index (χ1n) is 22.5. The van der Waals surface area contributed by atoms with Gasteiger partial charge in [0.05, 0.1) is 33.5 Å². The smallest absolute Gasteiger partial charge is 0.279 e. The molecule has 4 unspecified atom stereocenters. The van der Waals surface area contributed by atoms with E-state index in [2.05, 4.69) is 26.3 Å². The first-order valence-corrected chi connectivity index (χ1v) is 22.5. The molecule has 5 rings (SSSR count). The van der Waals surface area contributed by atoms with Crippen molar-refractivity contribution in [3.63, 3.8) is 0 Å². The lowest BCUT2D eigenvalue weighted by atomic mass is 9.86. The van der Waals surface area contributed by atoms with E-state index < -0.39 is 58.6 Å². The van der Waals surface area contributed by atoms with Crippen molar-refractivity contribution in [3.8, 4) is 40.0 Å². The summed E-state index contributed by atoms with van der Waals surface area (Å²) >= 11 is 0. The molecule has 4 aromatic rings. The van der Waals surface area contributed by atoms with E-state index in [9.17, 15) is 39.3 Å². The van der Waals surface area contributed by atoms with Gasteiger partial charge in [0, 0.05) is 43.8 Å². The number of aryl methyl sites for hydroxylation is 2. The first kappa shape index (κ1) is 52.5. The van der Waals surface area contributed by atoms with Gasteiger partial charge in [-0.3, -0.25) is 39.1 Å². The largest absolute Gasteiger partial charge is 0.492 e. The van der Waals surface area contributed by atoms with Gasteiger partial charge in [-0.25, -0.2) is 0 Å². The third-order valence-corrected chi connectivity index (χ3v) is 11.6. The summed E-state index contributed by atoms with van der Waals surface area (Å²) in [6.07, 6.45) is -0.0765. The fourth-order valence-electron chi connectivity index (χ4n) is 8.04. The molecule has 1 aromatic heterocycles. The molecule has 1 aliphatic rings. The predicted octanol–water partition coefficient (Wildman–Crippen LogP) is 2.75. The number of rotatable bonds is 16. The van der Waals surface area contributed by atoms with Crippen LogP contribution in [0.5, 0.6) is 11.5 Å². The highest BCUT2D eigenvalue weighted by Gasteiger charge is 2.37. The topological polar surface area (TPSA) is 313 Å². The van der Waals surface area contributed by atoms with E-state index >= 15 is 0 Å². The molecular weight excluding hydrogens is 887 g/mol. The zero-order chi connectivity index (χ0) is 50.7. The van der Waals surface area contributed by atoms with Crippen LogP contribution in [0.25, 0.3) is 22.4 Å². The Morgan fingerprint density at radius 1 is 0.928 bits per heavy atom. The molecule has 0 saturated heterocycles. The lowest BCUT2D eigenvalue weighted by Gasteiger charge is -2.32. The second-order valence-electron chi connectivity index (χ2n) is 17.7. The number of nitrogens with two attached hydrogens (primary N) is 3. The summed E-state index contributed by atoms with van der Waals surface area (Å²) in [6.45, 7) is 10.7. The molecule has 366 valence electrons. The van der Waals surface area contributed by atoms with E-state index in [1.807, 2.05) is 32.9 Å². The van der Waals surface area contributed by atoms with Gasteiger partial charge in [-0.2, -0.15) is 5.26 Å². The van der Waals surface area contributed by atoms with Crippen LogP contribution in [-0.2, 0) is 31.0 Å². The van der Waals surface area contributed by atoms with Gasteiger partial charge in [0.15, 0.2) is 0 Å². The Morgan fingerprint density at radius 2 is 1.58 bits per heavy atom. The molecule has 4 atom stereocenters. The van der Waals surface area contributed by atoms with Gasteiger partial charge >= 0.3 is 0 Å². The van der Waals surface area contributed by atoms with Gasteiger partial charge in [-0.1, -0.05) is 39.0 Å². The number of hydrogen-bond donors (Lipinski definition) is 7. The summed E-state index contributed by atoms with van der Waals surface area (Å²) in [5.74, 6) is -2.83. The fraction of sp³-hybridized carbons (Fsp3) is 0.408. The molecule has 2 heterocycles. The number of nitro benzene ring substituents is 1. The SMILES string of the molecule is Cc1cc(-c2ccc(C(C)(C)C)cc2[N+](=O)[O-])nc(C)c1C(=O)NC(CCN)C(=O)N(C)C1C(=O)NC(C)C(=O)NC(C(=O)NCC#N)Cc2ccc(OCCN)c(c2)-c2cc1ccc2OCCN. The van der Waals surface area contributed by atoms with Gasteiger partial charge in [-0.05, 0) is 97.8 Å². The van der Waals surface area contributed by atoms with Crippen molar-refractivity contribution in [1.82, 2.24) is 31.2 Å². The maximum Gasteiger partial charge on any atom is 0.279 e. The number of carbonyl (C=O) groups excluding carboxylic acids is 5. The zero-order valence-electron chi connectivity index (χ0n) is 39.9. The number of benzene rings is 3. The van der Waals surface area contributed by atoms with Crippen LogP contribution in [0.1, 0.15) is 78.5 Å². The van der Waals surface area contributed by atoms with E-state index in [-0.39, 0.29) is 91.4 Å². The van der Waals surface area contributed by atoms with Gasteiger partial charge in [-0.15, -0.1) is 0 Å². The minimum atomic E-state index is -1.45. The third-order valence-electron chi connectivity index (χ3n) is 11.6. The number of fused-ring (bicyclic) bond motifs is 5. The molecule has 0 aliphatic carbocycles. The molecule has 1 aliphatic heterocycles. The van der Waals surface area contributed by atoms with Crippen LogP contribution in [0.3, 0.4) is 0 Å². The van der Waals surface area contributed by atoms with Crippen molar-refractivity contribution in [2.75, 3.05) is 46.4 Å². The maximum absolute atomic E-state index is 14.8. The summed E-state index contributed by atoms with van der Waals surface area (Å²) in [4.78, 5) is 88.3. The van der Waals surface area contributed by atoms with E-state index in [0.29, 0.717) is 33.8 Å². The monoisotopic (exact) mass is 947 g/mol. The Hall–Kier alpha value is -7.47. The molecule has 4 bridgehead atoms. The van der Waals surface area contributed by atoms with E-state index in [0.717, 1.165) is 10.5 Å². The highest BCUT2D eigenvalue weighted by Crippen LogP contribution is 2.40. The van der Waals surface area contributed by atoms with Crippen LogP contribution in [0, 0.1) is 35.3 Å². The Morgan fingerprint density at radius 3 is 2.17 bits per heavy atom. The van der Waals surface area contributed by atoms with Crippen LogP contribution in [0.2, 0.25) is 0 Å². The number of pyridine rings is 1. The van der Waals surface area contributed by atoms with Gasteiger partial charge in [0.2, 0.25) is 23.6 Å². The van der Waals surface area contributed by atoms with E-state index in [4.69, 9.17) is 26.7 Å². The molecular formula is C49H61N11O9. The number of nitriles is 1. The normalized spacial score (nSPS) is 16.4. The average Bonchev–Trinajstić information content (AvgIpc) is 3.30. The number of hydrogen-bond acceptors (Lipinski definition) is 14. The number of nitro groups is 1. The van der Waals surface area contributed by atoms with Crippen molar-refractivity contribution in [1.29, 1.82) is 5.26 Å². The van der Waals surface area contributed by atoms with Crippen LogP contribution in [0.15, 0.2) is 60.7 Å².